The van der Waals surface area contributed by atoms with Gasteiger partial charge in [-0.1, -0.05) is 26.7 Å². The van der Waals surface area contributed by atoms with Crippen LogP contribution >= 0.6 is 0 Å². The van der Waals surface area contributed by atoms with Crippen LogP contribution in [0.25, 0.3) is 0 Å². The number of rotatable bonds is 2. The summed E-state index contributed by atoms with van der Waals surface area (Å²) in [4.78, 5) is 0. The van der Waals surface area contributed by atoms with Crippen molar-refractivity contribution < 1.29 is 0 Å². The van der Waals surface area contributed by atoms with Gasteiger partial charge in [0, 0.05) is 0 Å². The summed E-state index contributed by atoms with van der Waals surface area (Å²) in [5, 5.41) is 0. The molecule has 2 rings (SSSR count). The summed E-state index contributed by atoms with van der Waals surface area (Å²) < 4.78 is 0. The highest BCUT2D eigenvalue weighted by Gasteiger charge is 2.49. The second kappa shape index (κ2) is 2.50. The molecular formula is C11H20. The average Bonchev–Trinajstić information content (AvgIpc) is 2.15. The first-order chi connectivity index (χ1) is 5.24. The zero-order chi connectivity index (χ0) is 7.90. The van der Waals surface area contributed by atoms with E-state index in [0.717, 1.165) is 17.3 Å². The van der Waals surface area contributed by atoms with Crippen molar-refractivity contribution in [1.29, 1.82) is 0 Å². The van der Waals surface area contributed by atoms with Gasteiger partial charge in [0.2, 0.25) is 0 Å². The van der Waals surface area contributed by atoms with E-state index in [2.05, 4.69) is 13.8 Å². The first kappa shape index (κ1) is 7.64. The number of fused-ring (bicyclic) bond motifs is 1. The summed E-state index contributed by atoms with van der Waals surface area (Å²) in [6, 6.07) is 0. The molecule has 0 amide bonds. The number of hydrogen-bond donors (Lipinski definition) is 0. The van der Waals surface area contributed by atoms with Crippen molar-refractivity contribution in [3.8, 4) is 0 Å². The third-order valence-electron chi connectivity index (χ3n) is 4.12. The molecule has 0 radical (unpaired) electrons. The molecule has 0 spiro atoms. The molecule has 0 bridgehead atoms. The first-order valence-corrected chi connectivity index (χ1v) is 5.24. The van der Waals surface area contributed by atoms with Gasteiger partial charge in [-0.25, -0.2) is 0 Å². The van der Waals surface area contributed by atoms with Crippen LogP contribution in [0.5, 0.6) is 0 Å². The minimum absolute atomic E-state index is 0.805. The third-order valence-corrected chi connectivity index (χ3v) is 4.12. The lowest BCUT2D eigenvalue weighted by molar-refractivity contribution is 0.0875. The van der Waals surface area contributed by atoms with E-state index in [1.807, 2.05) is 0 Å². The Morgan fingerprint density at radius 2 is 2.27 bits per heavy atom. The summed E-state index contributed by atoms with van der Waals surface area (Å²) in [5.74, 6) is 2.22. The normalized spacial score (nSPS) is 48.5. The molecule has 0 aromatic rings. The predicted octanol–water partition coefficient (Wildman–Crippen LogP) is 3.61. The molecule has 0 heteroatoms. The Kier molecular flexibility index (Phi) is 1.74. The molecule has 64 valence electrons. The molecule has 0 aromatic carbocycles. The van der Waals surface area contributed by atoms with Crippen LogP contribution in [-0.2, 0) is 0 Å². The maximum absolute atomic E-state index is 2.51. The van der Waals surface area contributed by atoms with Crippen molar-refractivity contribution in [2.45, 2.75) is 52.4 Å². The SMILES string of the molecule is CCCC1CC2CCC2(C)C1. The van der Waals surface area contributed by atoms with Gasteiger partial charge in [-0.3, -0.25) is 0 Å². The van der Waals surface area contributed by atoms with Crippen LogP contribution in [0.1, 0.15) is 52.4 Å². The van der Waals surface area contributed by atoms with E-state index < -0.39 is 0 Å². The van der Waals surface area contributed by atoms with Crippen molar-refractivity contribution in [2.75, 3.05) is 0 Å². The van der Waals surface area contributed by atoms with Gasteiger partial charge in [-0.15, -0.1) is 0 Å². The largest absolute Gasteiger partial charge is 0.0654 e. The maximum Gasteiger partial charge on any atom is -0.0295 e. The Balaban J connectivity index is 1.92. The van der Waals surface area contributed by atoms with Crippen molar-refractivity contribution in [2.24, 2.45) is 17.3 Å². The van der Waals surface area contributed by atoms with Gasteiger partial charge in [0.1, 0.15) is 0 Å². The predicted molar refractivity (Wildman–Crippen MR) is 48.5 cm³/mol. The van der Waals surface area contributed by atoms with Gasteiger partial charge in [0.05, 0.1) is 0 Å². The van der Waals surface area contributed by atoms with Crippen LogP contribution in [0.15, 0.2) is 0 Å². The summed E-state index contributed by atoms with van der Waals surface area (Å²) in [6.45, 7) is 4.83. The first-order valence-electron chi connectivity index (χ1n) is 5.24. The highest BCUT2D eigenvalue weighted by Crippen LogP contribution is 2.59. The highest BCUT2D eigenvalue weighted by atomic mass is 14.5. The number of hydrogen-bond acceptors (Lipinski definition) is 0. The van der Waals surface area contributed by atoms with E-state index in [4.69, 9.17) is 0 Å². The van der Waals surface area contributed by atoms with E-state index in [-0.39, 0.29) is 0 Å². The Morgan fingerprint density at radius 3 is 2.64 bits per heavy atom. The van der Waals surface area contributed by atoms with E-state index in [1.165, 1.54) is 25.7 Å². The molecule has 0 saturated heterocycles. The monoisotopic (exact) mass is 152 g/mol. The van der Waals surface area contributed by atoms with Crippen molar-refractivity contribution >= 4 is 0 Å². The second-order valence-electron chi connectivity index (χ2n) is 4.98. The average molecular weight is 152 g/mol. The Morgan fingerprint density at radius 1 is 1.45 bits per heavy atom. The molecule has 2 fully saturated rings. The smallest absolute Gasteiger partial charge is 0.0295 e. The Hall–Kier alpha value is 0. The molecule has 3 atom stereocenters. The molecular weight excluding hydrogens is 132 g/mol. The quantitative estimate of drug-likeness (QED) is 0.567. The van der Waals surface area contributed by atoms with Crippen LogP contribution in [-0.4, -0.2) is 0 Å². The summed E-state index contributed by atoms with van der Waals surface area (Å²) in [7, 11) is 0. The molecule has 2 aliphatic carbocycles. The van der Waals surface area contributed by atoms with Crippen molar-refractivity contribution in [3.05, 3.63) is 0 Å². The van der Waals surface area contributed by atoms with Crippen LogP contribution < -0.4 is 0 Å². The zero-order valence-electron chi connectivity index (χ0n) is 7.90. The van der Waals surface area contributed by atoms with E-state index in [0.29, 0.717) is 0 Å². The molecule has 2 saturated carbocycles. The van der Waals surface area contributed by atoms with Gasteiger partial charge in [-0.2, -0.15) is 0 Å². The summed E-state index contributed by atoms with van der Waals surface area (Å²) >= 11 is 0. The van der Waals surface area contributed by atoms with Crippen LogP contribution in [0.3, 0.4) is 0 Å². The lowest BCUT2D eigenvalue weighted by atomic mass is 9.63. The van der Waals surface area contributed by atoms with Crippen molar-refractivity contribution in [1.82, 2.24) is 0 Å². The fourth-order valence-corrected chi connectivity index (χ4v) is 3.29. The van der Waals surface area contributed by atoms with Gasteiger partial charge in [0.15, 0.2) is 0 Å². The Labute approximate surface area is 70.4 Å². The zero-order valence-corrected chi connectivity index (χ0v) is 7.90. The van der Waals surface area contributed by atoms with Gasteiger partial charge < -0.3 is 0 Å². The molecule has 11 heavy (non-hydrogen) atoms. The lowest BCUT2D eigenvalue weighted by Gasteiger charge is -2.42. The molecule has 0 aromatic heterocycles. The molecule has 2 aliphatic rings. The van der Waals surface area contributed by atoms with E-state index >= 15 is 0 Å². The van der Waals surface area contributed by atoms with Crippen LogP contribution in [0, 0.1) is 17.3 Å². The van der Waals surface area contributed by atoms with Gasteiger partial charge in [-0.05, 0) is 42.9 Å². The molecule has 0 N–H and O–H groups in total. The lowest BCUT2D eigenvalue weighted by Crippen LogP contribution is -2.31. The van der Waals surface area contributed by atoms with Crippen LogP contribution in [0.2, 0.25) is 0 Å². The maximum atomic E-state index is 2.51. The van der Waals surface area contributed by atoms with Gasteiger partial charge in [0.25, 0.3) is 0 Å². The molecule has 0 aliphatic heterocycles. The minimum atomic E-state index is 0.805. The fraction of sp³-hybridized carbons (Fsp3) is 1.00. The summed E-state index contributed by atoms with van der Waals surface area (Å²) in [5.41, 5.74) is 0.805. The van der Waals surface area contributed by atoms with Crippen molar-refractivity contribution in [3.63, 3.8) is 0 Å². The summed E-state index contributed by atoms with van der Waals surface area (Å²) in [6.07, 6.45) is 9.06. The van der Waals surface area contributed by atoms with Gasteiger partial charge >= 0.3 is 0 Å². The highest BCUT2D eigenvalue weighted by molar-refractivity contribution is 4.99. The molecule has 3 unspecified atom stereocenters. The standard InChI is InChI=1S/C11H20/c1-3-4-9-7-10-5-6-11(10,2)8-9/h9-10H,3-8H2,1-2H3. The topological polar surface area (TPSA) is 0 Å². The third kappa shape index (κ3) is 1.11. The molecule has 0 heterocycles. The van der Waals surface area contributed by atoms with Crippen LogP contribution in [0.4, 0.5) is 0 Å². The second-order valence-corrected chi connectivity index (χ2v) is 4.98. The Bertz CT molecular complexity index is 150. The van der Waals surface area contributed by atoms with E-state index in [1.54, 1.807) is 12.8 Å². The fourth-order valence-electron chi connectivity index (χ4n) is 3.29. The van der Waals surface area contributed by atoms with E-state index in [9.17, 15) is 0 Å². The minimum Gasteiger partial charge on any atom is -0.0654 e. The molecule has 0 nitrogen and oxygen atoms in total.